The van der Waals surface area contributed by atoms with E-state index in [1.54, 1.807) is 0 Å². The van der Waals surface area contributed by atoms with Crippen molar-refractivity contribution in [3.05, 3.63) is 112 Å². The van der Waals surface area contributed by atoms with Crippen molar-refractivity contribution in [2.24, 2.45) is 0 Å². The monoisotopic (exact) mass is 383 g/mol. The van der Waals surface area contributed by atoms with Crippen LogP contribution in [0.3, 0.4) is 0 Å². The maximum absolute atomic E-state index is 13.4. The molecule has 0 bridgehead atoms. The Kier molecular flexibility index (Phi) is 4.14. The number of amides is 1. The van der Waals surface area contributed by atoms with Crippen LogP contribution in [0, 0.1) is 0 Å². The molecule has 0 spiro atoms. The van der Waals surface area contributed by atoms with E-state index in [-0.39, 0.29) is 17.1 Å². The summed E-state index contributed by atoms with van der Waals surface area (Å²) in [4.78, 5) is 29.0. The number of nitrogens with zero attached hydrogens (tertiary/aromatic N) is 1. The molecule has 5 rings (SSSR count). The molecule has 3 aromatic rings. The second-order valence-corrected chi connectivity index (χ2v) is 8.02. The van der Waals surface area contributed by atoms with Crippen LogP contribution < -0.4 is 0 Å². The molecule has 0 aliphatic carbocycles. The third kappa shape index (κ3) is 2.77. The van der Waals surface area contributed by atoms with E-state index >= 15 is 0 Å². The summed E-state index contributed by atoms with van der Waals surface area (Å²) in [6, 6.07) is 25.1. The van der Waals surface area contributed by atoms with Crippen molar-refractivity contribution in [3.63, 3.8) is 0 Å². The van der Waals surface area contributed by atoms with E-state index < -0.39 is 0 Å². The number of hydrogen-bond acceptors (Lipinski definition) is 3. The summed E-state index contributed by atoms with van der Waals surface area (Å²) in [5, 5.41) is -0.198. The molecular weight excluding hydrogens is 366 g/mol. The van der Waals surface area contributed by atoms with E-state index in [1.807, 2.05) is 89.8 Å². The molecule has 136 valence electrons. The predicted molar refractivity (Wildman–Crippen MR) is 112 cm³/mol. The SMILES string of the molecule is O=C1/C(=C\c2ccccc2)SC2c3ccccc3C(=O)N2Cc2ccccc21. The standard InChI is InChI=1S/C24H17NO2S/c26-22-18-11-5-4-10-17(18)15-25-23(27)19-12-6-7-13-20(19)24(25)28-21(22)14-16-8-2-1-3-9-16/h1-14,24H,15H2/b21-14+. The van der Waals surface area contributed by atoms with Gasteiger partial charge in [0, 0.05) is 17.7 Å². The smallest absolute Gasteiger partial charge is 0.255 e. The van der Waals surface area contributed by atoms with Gasteiger partial charge in [-0.15, -0.1) is 0 Å². The lowest BCUT2D eigenvalue weighted by molar-refractivity contribution is 0.0758. The van der Waals surface area contributed by atoms with Gasteiger partial charge >= 0.3 is 0 Å². The second kappa shape index (κ2) is 6.80. The predicted octanol–water partition coefficient (Wildman–Crippen LogP) is 5.31. The van der Waals surface area contributed by atoms with Crippen molar-refractivity contribution in [2.75, 3.05) is 0 Å². The van der Waals surface area contributed by atoms with Gasteiger partial charge in [-0.2, -0.15) is 0 Å². The number of rotatable bonds is 1. The topological polar surface area (TPSA) is 37.4 Å². The Labute approximate surface area is 167 Å². The highest BCUT2D eigenvalue weighted by molar-refractivity contribution is 8.04. The van der Waals surface area contributed by atoms with E-state index in [0.29, 0.717) is 17.0 Å². The van der Waals surface area contributed by atoms with Crippen LogP contribution in [-0.2, 0) is 6.54 Å². The average molecular weight is 383 g/mol. The molecule has 1 atom stereocenters. The van der Waals surface area contributed by atoms with Gasteiger partial charge in [-0.3, -0.25) is 9.59 Å². The molecule has 2 heterocycles. The van der Waals surface area contributed by atoms with Crippen molar-refractivity contribution in [1.82, 2.24) is 4.90 Å². The highest BCUT2D eigenvalue weighted by Gasteiger charge is 2.40. The first-order valence-corrected chi connectivity index (χ1v) is 10.1. The Morgan fingerprint density at radius 1 is 0.821 bits per heavy atom. The van der Waals surface area contributed by atoms with Crippen molar-refractivity contribution in [1.29, 1.82) is 0 Å². The van der Waals surface area contributed by atoms with Gasteiger partial charge in [0.15, 0.2) is 5.78 Å². The molecule has 0 N–H and O–H groups in total. The lowest BCUT2D eigenvalue weighted by Crippen LogP contribution is -2.29. The third-order valence-corrected chi connectivity index (χ3v) is 6.45. The minimum absolute atomic E-state index is 0.0148. The summed E-state index contributed by atoms with van der Waals surface area (Å²) < 4.78 is 0. The zero-order valence-electron chi connectivity index (χ0n) is 15.0. The fourth-order valence-corrected chi connectivity index (χ4v) is 5.08. The van der Waals surface area contributed by atoms with E-state index in [9.17, 15) is 9.59 Å². The van der Waals surface area contributed by atoms with E-state index in [2.05, 4.69) is 0 Å². The Hall–Kier alpha value is -3.11. The molecule has 2 aliphatic heterocycles. The summed E-state index contributed by atoms with van der Waals surface area (Å²) in [5.41, 5.74) is 4.23. The molecule has 1 amide bonds. The minimum atomic E-state index is -0.198. The van der Waals surface area contributed by atoms with Gasteiger partial charge in [-0.1, -0.05) is 84.6 Å². The summed E-state index contributed by atoms with van der Waals surface area (Å²) in [7, 11) is 0. The van der Waals surface area contributed by atoms with Crippen LogP contribution in [0.2, 0.25) is 0 Å². The normalized spacial score (nSPS) is 19.6. The molecule has 28 heavy (non-hydrogen) atoms. The Balaban J connectivity index is 1.69. The number of ketones is 1. The van der Waals surface area contributed by atoms with E-state index in [1.165, 1.54) is 11.8 Å². The van der Waals surface area contributed by atoms with Gasteiger partial charge in [0.05, 0.1) is 4.91 Å². The van der Waals surface area contributed by atoms with Gasteiger partial charge in [-0.05, 0) is 28.8 Å². The Morgan fingerprint density at radius 3 is 2.32 bits per heavy atom. The number of thioether (sulfide) groups is 1. The quantitative estimate of drug-likeness (QED) is 0.534. The molecule has 1 unspecified atom stereocenters. The summed E-state index contributed by atoms with van der Waals surface area (Å²) in [5.74, 6) is 0.0391. The Morgan fingerprint density at radius 2 is 1.50 bits per heavy atom. The average Bonchev–Trinajstić information content (AvgIpc) is 2.99. The van der Waals surface area contributed by atoms with Crippen LogP contribution in [0.1, 0.15) is 42.8 Å². The van der Waals surface area contributed by atoms with E-state index in [4.69, 9.17) is 0 Å². The van der Waals surface area contributed by atoms with E-state index in [0.717, 1.165) is 22.3 Å². The summed E-state index contributed by atoms with van der Waals surface area (Å²) in [6.07, 6.45) is 1.93. The van der Waals surface area contributed by atoms with Crippen molar-refractivity contribution >= 4 is 29.5 Å². The molecule has 3 aromatic carbocycles. The molecule has 2 aliphatic rings. The molecule has 4 heteroatoms. The van der Waals surface area contributed by atoms with Crippen LogP contribution in [0.5, 0.6) is 0 Å². The van der Waals surface area contributed by atoms with Crippen LogP contribution in [-0.4, -0.2) is 16.6 Å². The van der Waals surface area contributed by atoms with Gasteiger partial charge in [0.1, 0.15) is 5.37 Å². The highest BCUT2D eigenvalue weighted by atomic mass is 32.2. The molecule has 0 aromatic heterocycles. The fourth-order valence-electron chi connectivity index (χ4n) is 3.79. The number of carbonyl (C=O) groups excluding carboxylic acids is 2. The number of fused-ring (bicyclic) bond motifs is 4. The zero-order chi connectivity index (χ0) is 19.1. The summed E-state index contributed by atoms with van der Waals surface area (Å²) >= 11 is 1.47. The fraction of sp³-hybridized carbons (Fsp3) is 0.0833. The number of allylic oxidation sites excluding steroid dienone is 1. The highest BCUT2D eigenvalue weighted by Crippen LogP contribution is 2.47. The van der Waals surface area contributed by atoms with Crippen LogP contribution in [0.4, 0.5) is 0 Å². The molecule has 3 nitrogen and oxygen atoms in total. The zero-order valence-corrected chi connectivity index (χ0v) is 15.9. The maximum Gasteiger partial charge on any atom is 0.255 e. The first kappa shape index (κ1) is 17.0. The van der Waals surface area contributed by atoms with Crippen LogP contribution >= 0.6 is 11.8 Å². The lowest BCUT2D eigenvalue weighted by atomic mass is 10.0. The first-order chi connectivity index (χ1) is 13.7. The van der Waals surface area contributed by atoms with Gasteiger partial charge in [-0.25, -0.2) is 0 Å². The first-order valence-electron chi connectivity index (χ1n) is 9.18. The minimum Gasteiger partial charge on any atom is -0.318 e. The third-order valence-electron chi connectivity index (χ3n) is 5.16. The second-order valence-electron chi connectivity index (χ2n) is 6.90. The molecule has 0 fully saturated rings. The van der Waals surface area contributed by atoms with Gasteiger partial charge in [0.25, 0.3) is 5.91 Å². The van der Waals surface area contributed by atoms with Crippen molar-refractivity contribution < 1.29 is 9.59 Å². The Bertz CT molecular complexity index is 1120. The van der Waals surface area contributed by atoms with Crippen LogP contribution in [0.15, 0.2) is 83.8 Å². The lowest BCUT2D eigenvalue weighted by Gasteiger charge is -2.29. The number of benzene rings is 3. The van der Waals surface area contributed by atoms with Crippen LogP contribution in [0.25, 0.3) is 6.08 Å². The number of hydrogen-bond donors (Lipinski definition) is 0. The molecular formula is C24H17NO2S. The van der Waals surface area contributed by atoms with Gasteiger partial charge < -0.3 is 4.90 Å². The molecule has 0 saturated heterocycles. The largest absolute Gasteiger partial charge is 0.318 e. The number of carbonyl (C=O) groups is 2. The molecule has 0 saturated carbocycles. The van der Waals surface area contributed by atoms with Crippen molar-refractivity contribution in [2.45, 2.75) is 11.9 Å². The van der Waals surface area contributed by atoms with Gasteiger partial charge in [0.2, 0.25) is 0 Å². The summed E-state index contributed by atoms with van der Waals surface area (Å²) in [6.45, 7) is 0.436. The maximum atomic E-state index is 13.4. The number of Topliss-reactive ketones (excluding diaryl/α,β-unsaturated/α-hetero) is 1. The van der Waals surface area contributed by atoms with Crippen molar-refractivity contribution in [3.8, 4) is 0 Å². The molecule has 0 radical (unpaired) electrons.